The van der Waals surface area contributed by atoms with Gasteiger partial charge in [-0.15, -0.1) is 0 Å². The second-order valence-electron chi connectivity index (χ2n) is 6.65. The van der Waals surface area contributed by atoms with Crippen molar-refractivity contribution in [2.75, 3.05) is 12.3 Å². The number of hydrogen-bond donors (Lipinski definition) is 2. The number of H-pyrrole nitrogens is 1. The predicted octanol–water partition coefficient (Wildman–Crippen LogP) is 3.19. The van der Waals surface area contributed by atoms with Crippen LogP contribution in [0.3, 0.4) is 0 Å². The number of aromatic nitrogens is 2. The number of nitrogens with zero attached hydrogens (tertiary/aromatic N) is 2. The van der Waals surface area contributed by atoms with E-state index in [0.717, 1.165) is 6.07 Å². The summed E-state index contributed by atoms with van der Waals surface area (Å²) in [5.74, 6) is 0.777. The minimum Gasteiger partial charge on any atom is -0.460 e. The third-order valence-electron chi connectivity index (χ3n) is 4.71. The third-order valence-corrected chi connectivity index (χ3v) is 4.71. The lowest BCUT2D eigenvalue weighted by atomic mass is 10.1. The summed E-state index contributed by atoms with van der Waals surface area (Å²) in [4.78, 5) is 20.7. The van der Waals surface area contributed by atoms with E-state index in [0.29, 0.717) is 43.1 Å². The predicted molar refractivity (Wildman–Crippen MR) is 96.2 cm³/mol. The molecule has 9 heteroatoms. The highest BCUT2D eigenvalue weighted by Gasteiger charge is 2.34. The third kappa shape index (κ3) is 3.53. The van der Waals surface area contributed by atoms with Gasteiger partial charge in [-0.3, -0.25) is 14.7 Å². The summed E-state index contributed by atoms with van der Waals surface area (Å²) >= 11 is 0. The molecule has 0 saturated carbocycles. The molecule has 0 aliphatic carbocycles. The standard InChI is InChI=1S/C19H17F3N4O2/c20-19(21,22)14-4-2-1-3-12(14)16-6-5-11(28-16)9-26-8-7-15-13(10-26)17(27)25-18(23)24-15/h1-6H,7-10H2,(H3,23,24,25,27). The highest BCUT2D eigenvalue weighted by Crippen LogP contribution is 2.37. The van der Waals surface area contributed by atoms with Crippen LogP contribution < -0.4 is 11.3 Å². The number of halogens is 3. The van der Waals surface area contributed by atoms with Crippen molar-refractivity contribution >= 4 is 5.95 Å². The molecule has 146 valence electrons. The fourth-order valence-electron chi connectivity index (χ4n) is 3.41. The van der Waals surface area contributed by atoms with E-state index in [1.54, 1.807) is 12.1 Å². The Morgan fingerprint density at radius 2 is 2.00 bits per heavy atom. The van der Waals surface area contributed by atoms with Gasteiger partial charge in [-0.25, -0.2) is 4.98 Å². The Balaban J connectivity index is 1.55. The second kappa shape index (κ2) is 6.83. The Hall–Kier alpha value is -3.07. The van der Waals surface area contributed by atoms with Crippen molar-refractivity contribution in [1.29, 1.82) is 0 Å². The van der Waals surface area contributed by atoms with E-state index >= 15 is 0 Å². The van der Waals surface area contributed by atoms with Crippen molar-refractivity contribution in [1.82, 2.24) is 14.9 Å². The molecule has 0 bridgehead atoms. The number of benzene rings is 1. The number of nitrogen functional groups attached to an aromatic ring is 1. The van der Waals surface area contributed by atoms with E-state index < -0.39 is 11.7 Å². The quantitative estimate of drug-likeness (QED) is 0.717. The molecule has 0 amide bonds. The average molecular weight is 390 g/mol. The Kier molecular flexibility index (Phi) is 4.46. The summed E-state index contributed by atoms with van der Waals surface area (Å²) in [6.45, 7) is 1.38. The van der Waals surface area contributed by atoms with Crippen LogP contribution in [0.1, 0.15) is 22.6 Å². The molecule has 0 radical (unpaired) electrons. The zero-order chi connectivity index (χ0) is 19.9. The molecule has 2 aromatic heterocycles. The summed E-state index contributed by atoms with van der Waals surface area (Å²) in [5.41, 5.74) is 5.79. The number of fused-ring (bicyclic) bond motifs is 1. The molecule has 3 aromatic rings. The first-order valence-corrected chi connectivity index (χ1v) is 8.66. The van der Waals surface area contributed by atoms with Gasteiger partial charge in [0.05, 0.1) is 23.4 Å². The molecular weight excluding hydrogens is 373 g/mol. The lowest BCUT2D eigenvalue weighted by Gasteiger charge is -2.26. The minimum atomic E-state index is -4.46. The van der Waals surface area contributed by atoms with Gasteiger partial charge in [0.2, 0.25) is 5.95 Å². The molecule has 0 atom stereocenters. The van der Waals surface area contributed by atoms with E-state index in [1.165, 1.54) is 18.2 Å². The van der Waals surface area contributed by atoms with Crippen LogP contribution in [-0.2, 0) is 25.7 Å². The first-order chi connectivity index (χ1) is 13.3. The summed E-state index contributed by atoms with van der Waals surface area (Å²) in [6, 6.07) is 8.50. The van der Waals surface area contributed by atoms with Crippen LogP contribution >= 0.6 is 0 Å². The number of aromatic amines is 1. The Morgan fingerprint density at radius 3 is 2.79 bits per heavy atom. The molecule has 0 spiro atoms. The average Bonchev–Trinajstić information content (AvgIpc) is 3.10. The van der Waals surface area contributed by atoms with Gasteiger partial charge in [0, 0.05) is 25.1 Å². The maximum absolute atomic E-state index is 13.2. The molecular formula is C19H17F3N4O2. The van der Waals surface area contributed by atoms with Crippen molar-refractivity contribution in [3.63, 3.8) is 0 Å². The first-order valence-electron chi connectivity index (χ1n) is 8.66. The fourth-order valence-corrected chi connectivity index (χ4v) is 3.41. The van der Waals surface area contributed by atoms with Crippen LogP contribution in [-0.4, -0.2) is 21.4 Å². The number of anilines is 1. The molecule has 1 aliphatic heterocycles. The van der Waals surface area contributed by atoms with E-state index in [4.69, 9.17) is 10.2 Å². The lowest BCUT2D eigenvalue weighted by molar-refractivity contribution is -0.137. The molecule has 1 aromatic carbocycles. The second-order valence-corrected chi connectivity index (χ2v) is 6.65. The SMILES string of the molecule is Nc1nc2c(c(=O)[nH]1)CN(Cc1ccc(-c3ccccc3C(F)(F)F)o1)CC2. The van der Waals surface area contributed by atoms with Crippen LogP contribution in [0.25, 0.3) is 11.3 Å². The van der Waals surface area contributed by atoms with Crippen molar-refractivity contribution < 1.29 is 17.6 Å². The lowest BCUT2D eigenvalue weighted by Crippen LogP contribution is -2.35. The number of furan rings is 1. The molecule has 6 nitrogen and oxygen atoms in total. The number of hydrogen-bond acceptors (Lipinski definition) is 5. The molecule has 4 rings (SSSR count). The molecule has 1 aliphatic rings. The largest absolute Gasteiger partial charge is 0.460 e. The van der Waals surface area contributed by atoms with Gasteiger partial charge < -0.3 is 10.2 Å². The Morgan fingerprint density at radius 1 is 1.21 bits per heavy atom. The molecule has 28 heavy (non-hydrogen) atoms. The van der Waals surface area contributed by atoms with Gasteiger partial charge in [0.1, 0.15) is 11.5 Å². The number of nitrogens with one attached hydrogen (secondary N) is 1. The number of nitrogens with two attached hydrogens (primary N) is 1. The monoisotopic (exact) mass is 390 g/mol. The number of alkyl halides is 3. The van der Waals surface area contributed by atoms with Crippen molar-refractivity contribution in [3.8, 4) is 11.3 Å². The smallest absolute Gasteiger partial charge is 0.417 e. The van der Waals surface area contributed by atoms with Gasteiger partial charge >= 0.3 is 6.18 Å². The Bertz CT molecular complexity index is 1070. The summed E-state index contributed by atoms with van der Waals surface area (Å²) < 4.78 is 45.4. The zero-order valence-corrected chi connectivity index (χ0v) is 14.7. The van der Waals surface area contributed by atoms with E-state index in [9.17, 15) is 18.0 Å². The van der Waals surface area contributed by atoms with Crippen LogP contribution in [0, 0.1) is 0 Å². The van der Waals surface area contributed by atoms with Crippen molar-refractivity contribution in [2.24, 2.45) is 0 Å². The van der Waals surface area contributed by atoms with Gasteiger partial charge in [-0.1, -0.05) is 18.2 Å². The van der Waals surface area contributed by atoms with Crippen molar-refractivity contribution in [3.05, 3.63) is 69.3 Å². The van der Waals surface area contributed by atoms with Gasteiger partial charge in [0.15, 0.2) is 0 Å². The van der Waals surface area contributed by atoms with Crippen LogP contribution in [0.5, 0.6) is 0 Å². The maximum Gasteiger partial charge on any atom is 0.417 e. The topological polar surface area (TPSA) is 88.1 Å². The summed E-state index contributed by atoms with van der Waals surface area (Å²) in [5, 5.41) is 0. The normalized spacial score (nSPS) is 14.8. The van der Waals surface area contributed by atoms with Crippen LogP contribution in [0.2, 0.25) is 0 Å². The van der Waals surface area contributed by atoms with Gasteiger partial charge in [0.25, 0.3) is 5.56 Å². The maximum atomic E-state index is 13.2. The van der Waals surface area contributed by atoms with Crippen LogP contribution in [0.4, 0.5) is 19.1 Å². The molecule has 0 saturated heterocycles. The molecule has 3 N–H and O–H groups in total. The number of rotatable bonds is 3. The van der Waals surface area contributed by atoms with Crippen LogP contribution in [0.15, 0.2) is 45.6 Å². The van der Waals surface area contributed by atoms with E-state index in [2.05, 4.69) is 9.97 Å². The van der Waals surface area contributed by atoms with Gasteiger partial charge in [-0.2, -0.15) is 13.2 Å². The summed E-state index contributed by atoms with van der Waals surface area (Å²) in [7, 11) is 0. The minimum absolute atomic E-state index is 0.00126. The fraction of sp³-hybridized carbons (Fsp3) is 0.263. The Labute approximate surface area is 157 Å². The van der Waals surface area contributed by atoms with Crippen molar-refractivity contribution in [2.45, 2.75) is 25.7 Å². The van der Waals surface area contributed by atoms with E-state index in [1.807, 2.05) is 4.90 Å². The first kappa shape index (κ1) is 18.3. The molecule has 0 unspecified atom stereocenters. The highest BCUT2D eigenvalue weighted by atomic mass is 19.4. The van der Waals surface area contributed by atoms with E-state index in [-0.39, 0.29) is 22.8 Å². The van der Waals surface area contributed by atoms with Gasteiger partial charge in [-0.05, 0) is 18.2 Å². The highest BCUT2D eigenvalue weighted by molar-refractivity contribution is 5.63. The zero-order valence-electron chi connectivity index (χ0n) is 14.7. The molecule has 0 fully saturated rings. The molecule has 3 heterocycles. The summed E-state index contributed by atoms with van der Waals surface area (Å²) in [6.07, 6.45) is -3.90.